The van der Waals surface area contributed by atoms with E-state index in [-0.39, 0.29) is 11.3 Å². The van der Waals surface area contributed by atoms with Gasteiger partial charge in [-0.1, -0.05) is 5.16 Å². The van der Waals surface area contributed by atoms with Crippen LogP contribution in [0.15, 0.2) is 28.8 Å². The maximum atomic E-state index is 13.4. The molecule has 0 saturated heterocycles. The summed E-state index contributed by atoms with van der Waals surface area (Å²) in [6, 6.07) is 4.75. The van der Waals surface area contributed by atoms with Crippen molar-refractivity contribution in [3.63, 3.8) is 0 Å². The average Bonchev–Trinajstić information content (AvgIpc) is 2.61. The van der Waals surface area contributed by atoms with Crippen molar-refractivity contribution in [2.75, 3.05) is 0 Å². The third kappa shape index (κ3) is 1.65. The van der Waals surface area contributed by atoms with Crippen molar-refractivity contribution in [2.24, 2.45) is 0 Å². The Bertz CT molecular complexity index is 533. The van der Waals surface area contributed by atoms with Crippen LogP contribution in [-0.4, -0.2) is 16.2 Å². The van der Waals surface area contributed by atoms with Gasteiger partial charge in [-0.05, 0) is 24.3 Å². The van der Waals surface area contributed by atoms with Gasteiger partial charge in [0, 0.05) is 5.56 Å². The third-order valence-corrected chi connectivity index (χ3v) is 1.94. The highest BCUT2D eigenvalue weighted by atomic mass is 19.1. The highest BCUT2D eigenvalue weighted by Gasteiger charge is 2.22. The van der Waals surface area contributed by atoms with Crippen LogP contribution in [0.1, 0.15) is 10.5 Å². The summed E-state index contributed by atoms with van der Waals surface area (Å²) in [6.45, 7) is 0. The van der Waals surface area contributed by atoms with E-state index in [2.05, 4.69) is 9.68 Å². The number of aromatic carboxylic acids is 1. The van der Waals surface area contributed by atoms with E-state index in [4.69, 9.17) is 5.11 Å². The van der Waals surface area contributed by atoms with Crippen LogP contribution in [0.4, 0.5) is 8.78 Å². The highest BCUT2D eigenvalue weighted by Crippen LogP contribution is 2.24. The van der Waals surface area contributed by atoms with Crippen LogP contribution in [0.25, 0.3) is 11.3 Å². The fraction of sp³-hybridized carbons (Fsp3) is 0. The van der Waals surface area contributed by atoms with Crippen LogP contribution >= 0.6 is 0 Å². The summed E-state index contributed by atoms with van der Waals surface area (Å²) in [6.07, 6.45) is 0. The van der Waals surface area contributed by atoms with Gasteiger partial charge in [0.25, 0.3) is 0 Å². The normalized spacial score (nSPS) is 10.4. The van der Waals surface area contributed by atoms with Crippen LogP contribution in [0.3, 0.4) is 0 Å². The average molecular weight is 225 g/mol. The zero-order chi connectivity index (χ0) is 11.7. The van der Waals surface area contributed by atoms with E-state index < -0.39 is 23.3 Å². The number of carboxylic acid groups (broad SMARTS) is 1. The van der Waals surface area contributed by atoms with E-state index in [1.54, 1.807) is 0 Å². The summed E-state index contributed by atoms with van der Waals surface area (Å²) in [5.41, 5.74) is -0.571. The Morgan fingerprint density at radius 2 is 1.88 bits per heavy atom. The SMILES string of the molecule is O=C(O)c1noc(-c2ccc(F)cc2)c1F. The van der Waals surface area contributed by atoms with E-state index in [1.165, 1.54) is 12.1 Å². The molecule has 1 heterocycles. The van der Waals surface area contributed by atoms with Gasteiger partial charge in [-0.25, -0.2) is 9.18 Å². The summed E-state index contributed by atoms with van der Waals surface area (Å²) < 4.78 is 30.6. The largest absolute Gasteiger partial charge is 0.476 e. The molecule has 0 bridgehead atoms. The lowest BCUT2D eigenvalue weighted by Crippen LogP contribution is -1.99. The lowest BCUT2D eigenvalue weighted by atomic mass is 10.1. The number of hydrogen-bond donors (Lipinski definition) is 1. The number of carbonyl (C=O) groups is 1. The smallest absolute Gasteiger partial charge is 0.361 e. The molecule has 0 saturated carbocycles. The lowest BCUT2D eigenvalue weighted by Gasteiger charge is -1.94. The van der Waals surface area contributed by atoms with Crippen molar-refractivity contribution < 1.29 is 23.2 Å². The number of benzene rings is 1. The number of nitrogens with zero attached hydrogens (tertiary/aromatic N) is 1. The fourth-order valence-corrected chi connectivity index (χ4v) is 1.19. The number of halogens is 2. The van der Waals surface area contributed by atoms with E-state index in [9.17, 15) is 13.6 Å². The highest BCUT2D eigenvalue weighted by molar-refractivity contribution is 5.86. The summed E-state index contributed by atoms with van der Waals surface area (Å²) in [7, 11) is 0. The molecule has 16 heavy (non-hydrogen) atoms. The molecule has 6 heteroatoms. The van der Waals surface area contributed by atoms with Gasteiger partial charge in [-0.15, -0.1) is 0 Å². The molecule has 1 aromatic carbocycles. The first-order valence-corrected chi connectivity index (χ1v) is 4.24. The molecule has 0 fully saturated rings. The standard InChI is InChI=1S/C10H5F2NO3/c11-6-3-1-5(2-4-6)9-7(12)8(10(14)15)13-16-9/h1-4H,(H,14,15). The molecule has 0 aliphatic heterocycles. The van der Waals surface area contributed by atoms with E-state index in [0.717, 1.165) is 12.1 Å². The van der Waals surface area contributed by atoms with E-state index in [0.29, 0.717) is 0 Å². The van der Waals surface area contributed by atoms with Gasteiger partial charge < -0.3 is 9.63 Å². The maximum absolute atomic E-state index is 13.4. The summed E-state index contributed by atoms with van der Waals surface area (Å²) in [5.74, 6) is -3.40. The first-order chi connectivity index (χ1) is 7.59. The molecule has 0 atom stereocenters. The van der Waals surface area contributed by atoms with Gasteiger partial charge in [-0.2, -0.15) is 4.39 Å². The number of hydrogen-bond acceptors (Lipinski definition) is 3. The molecule has 82 valence electrons. The monoisotopic (exact) mass is 225 g/mol. The zero-order valence-corrected chi connectivity index (χ0v) is 7.78. The summed E-state index contributed by atoms with van der Waals surface area (Å²) in [4.78, 5) is 10.5. The molecule has 0 radical (unpaired) electrons. The van der Waals surface area contributed by atoms with Gasteiger partial charge in [0.05, 0.1) is 0 Å². The van der Waals surface area contributed by atoms with Crippen molar-refractivity contribution in [1.29, 1.82) is 0 Å². The molecular formula is C10H5F2NO3. The third-order valence-electron chi connectivity index (χ3n) is 1.94. The van der Waals surface area contributed by atoms with Crippen LogP contribution < -0.4 is 0 Å². The minimum Gasteiger partial charge on any atom is -0.476 e. The number of rotatable bonds is 2. The van der Waals surface area contributed by atoms with Crippen LogP contribution in [0.2, 0.25) is 0 Å². The molecule has 2 rings (SSSR count). The summed E-state index contributed by atoms with van der Waals surface area (Å²) >= 11 is 0. The first kappa shape index (κ1) is 10.3. The zero-order valence-electron chi connectivity index (χ0n) is 7.78. The fourth-order valence-electron chi connectivity index (χ4n) is 1.19. The Morgan fingerprint density at radius 3 is 2.38 bits per heavy atom. The molecule has 1 aromatic heterocycles. The van der Waals surface area contributed by atoms with Crippen molar-refractivity contribution >= 4 is 5.97 Å². The topological polar surface area (TPSA) is 63.3 Å². The van der Waals surface area contributed by atoms with Gasteiger partial charge >= 0.3 is 5.97 Å². The van der Waals surface area contributed by atoms with E-state index in [1.807, 2.05) is 0 Å². The molecule has 0 unspecified atom stereocenters. The Balaban J connectivity index is 2.49. The predicted octanol–water partition coefficient (Wildman–Crippen LogP) is 2.32. The number of carboxylic acids is 1. The van der Waals surface area contributed by atoms with Gasteiger partial charge in [0.2, 0.25) is 17.3 Å². The molecular weight excluding hydrogens is 220 g/mol. The molecule has 2 aromatic rings. The first-order valence-electron chi connectivity index (χ1n) is 4.24. The lowest BCUT2D eigenvalue weighted by molar-refractivity contribution is 0.0681. The minimum atomic E-state index is -1.52. The van der Waals surface area contributed by atoms with Gasteiger partial charge in [0.1, 0.15) is 5.82 Å². The quantitative estimate of drug-likeness (QED) is 0.851. The Morgan fingerprint density at radius 1 is 1.25 bits per heavy atom. The summed E-state index contributed by atoms with van der Waals surface area (Å²) in [5, 5.41) is 11.6. The number of aromatic nitrogens is 1. The Labute approximate surface area is 88.1 Å². The van der Waals surface area contributed by atoms with E-state index >= 15 is 0 Å². The molecule has 0 spiro atoms. The predicted molar refractivity (Wildman–Crippen MR) is 48.8 cm³/mol. The molecule has 0 aliphatic rings. The van der Waals surface area contributed by atoms with Gasteiger partial charge in [-0.3, -0.25) is 0 Å². The van der Waals surface area contributed by atoms with Crippen LogP contribution in [-0.2, 0) is 0 Å². The Kier molecular flexibility index (Phi) is 2.40. The van der Waals surface area contributed by atoms with Gasteiger partial charge in [0.15, 0.2) is 0 Å². The molecule has 1 N–H and O–H groups in total. The van der Waals surface area contributed by atoms with Crippen molar-refractivity contribution in [1.82, 2.24) is 5.16 Å². The second-order valence-electron chi connectivity index (χ2n) is 2.99. The van der Waals surface area contributed by atoms with Crippen molar-refractivity contribution in [3.8, 4) is 11.3 Å². The van der Waals surface area contributed by atoms with Crippen LogP contribution in [0.5, 0.6) is 0 Å². The minimum absolute atomic E-state index is 0.221. The maximum Gasteiger partial charge on any atom is 0.361 e. The van der Waals surface area contributed by atoms with Crippen molar-refractivity contribution in [2.45, 2.75) is 0 Å². The van der Waals surface area contributed by atoms with Crippen LogP contribution in [0, 0.1) is 11.6 Å². The molecule has 4 nitrogen and oxygen atoms in total. The second-order valence-corrected chi connectivity index (χ2v) is 2.99. The van der Waals surface area contributed by atoms with Crippen molar-refractivity contribution in [3.05, 3.63) is 41.6 Å². The second kappa shape index (κ2) is 3.73. The Hall–Kier alpha value is -2.24. The molecule has 0 amide bonds. The molecule has 0 aliphatic carbocycles.